The first-order valence-electron chi connectivity index (χ1n) is 6.41. The number of benzene rings is 2. The van der Waals surface area contributed by atoms with E-state index < -0.39 is 0 Å². The van der Waals surface area contributed by atoms with Crippen molar-refractivity contribution in [3.05, 3.63) is 64.7 Å². The van der Waals surface area contributed by atoms with E-state index in [4.69, 9.17) is 5.73 Å². The average Bonchev–Trinajstić information content (AvgIpc) is 2.41. The van der Waals surface area contributed by atoms with Crippen molar-refractivity contribution in [1.82, 2.24) is 0 Å². The van der Waals surface area contributed by atoms with Crippen LogP contribution in [0.25, 0.3) is 0 Å². The summed E-state index contributed by atoms with van der Waals surface area (Å²) in [5.74, 6) is 4.20. The molecule has 1 nitrogen and oxygen atoms in total. The van der Waals surface area contributed by atoms with E-state index in [9.17, 15) is 0 Å². The highest BCUT2D eigenvalue weighted by Gasteiger charge is 2.04. The Balaban J connectivity index is 1.86. The van der Waals surface area contributed by atoms with Crippen LogP contribution in [0.4, 0.5) is 5.69 Å². The predicted octanol–water partition coefficient (Wildman–Crippen LogP) is 4.45. The Morgan fingerprint density at radius 3 is 1.53 bits per heavy atom. The molecule has 3 heteroatoms. The van der Waals surface area contributed by atoms with Gasteiger partial charge in [0.1, 0.15) is 0 Å². The molecule has 0 saturated carbocycles. The second-order valence-electron chi connectivity index (χ2n) is 4.88. The summed E-state index contributed by atoms with van der Waals surface area (Å²) in [6.07, 6.45) is 0. The minimum Gasteiger partial charge on any atom is -0.399 e. The van der Waals surface area contributed by atoms with Crippen molar-refractivity contribution in [2.45, 2.75) is 23.0 Å². The fourth-order valence-electron chi connectivity index (χ4n) is 2.26. The van der Waals surface area contributed by atoms with Crippen LogP contribution < -0.4 is 5.73 Å². The van der Waals surface area contributed by atoms with Gasteiger partial charge in [-0.1, -0.05) is 30.3 Å². The number of hydrogen-bond acceptors (Lipinski definition) is 3. The van der Waals surface area contributed by atoms with Gasteiger partial charge >= 0.3 is 0 Å². The normalized spacial score (nSPS) is 15.4. The summed E-state index contributed by atoms with van der Waals surface area (Å²) in [6, 6.07) is 15.5. The number of nitrogen functional groups attached to an aromatic ring is 1. The van der Waals surface area contributed by atoms with Crippen LogP contribution in [0.15, 0.2) is 42.5 Å². The second kappa shape index (κ2) is 5.93. The van der Waals surface area contributed by atoms with E-state index >= 15 is 0 Å². The Hall–Kier alpha value is -1.06. The van der Waals surface area contributed by atoms with Gasteiger partial charge in [0.05, 0.1) is 0 Å². The Kier molecular flexibility index (Phi) is 4.04. The minimum atomic E-state index is 0.892. The van der Waals surface area contributed by atoms with Gasteiger partial charge in [-0.2, -0.15) is 23.5 Å². The molecule has 0 aliphatic carbocycles. The fourth-order valence-corrected chi connectivity index (χ4v) is 4.13. The molecule has 0 radical (unpaired) electrons. The molecule has 0 fully saturated rings. The lowest BCUT2D eigenvalue weighted by atomic mass is 10.1. The van der Waals surface area contributed by atoms with Gasteiger partial charge in [-0.15, -0.1) is 0 Å². The predicted molar refractivity (Wildman–Crippen MR) is 87.3 cm³/mol. The molecule has 0 atom stereocenters. The molecule has 2 aromatic rings. The quantitative estimate of drug-likeness (QED) is 0.725. The van der Waals surface area contributed by atoms with Crippen molar-refractivity contribution >= 4 is 29.2 Å². The molecule has 2 N–H and O–H groups in total. The van der Waals surface area contributed by atoms with E-state index in [0.717, 1.165) is 28.7 Å². The molecule has 2 aliphatic heterocycles. The van der Waals surface area contributed by atoms with Crippen molar-refractivity contribution in [2.75, 3.05) is 5.73 Å². The van der Waals surface area contributed by atoms with Crippen molar-refractivity contribution in [2.24, 2.45) is 0 Å². The molecule has 4 bridgehead atoms. The van der Waals surface area contributed by atoms with E-state index in [0.29, 0.717) is 0 Å². The SMILES string of the molecule is Nc1cc2cc(c1)CSCc1ccc(cc1)CSC2. The molecule has 0 aromatic heterocycles. The Labute approximate surface area is 123 Å². The van der Waals surface area contributed by atoms with Crippen molar-refractivity contribution in [1.29, 1.82) is 0 Å². The number of rotatable bonds is 0. The summed E-state index contributed by atoms with van der Waals surface area (Å²) >= 11 is 3.90. The van der Waals surface area contributed by atoms with Crippen LogP contribution in [0.1, 0.15) is 22.3 Å². The first-order valence-corrected chi connectivity index (χ1v) is 8.72. The lowest BCUT2D eigenvalue weighted by Crippen LogP contribution is -1.92. The molecule has 0 spiro atoms. The van der Waals surface area contributed by atoms with Gasteiger partial charge in [0, 0.05) is 28.7 Å². The van der Waals surface area contributed by atoms with Gasteiger partial charge in [-0.3, -0.25) is 0 Å². The summed E-state index contributed by atoms with van der Waals surface area (Å²) in [5, 5.41) is 0. The maximum atomic E-state index is 5.99. The third-order valence-corrected chi connectivity index (χ3v) is 5.32. The van der Waals surface area contributed by atoms with E-state index in [1.807, 2.05) is 23.5 Å². The largest absolute Gasteiger partial charge is 0.399 e. The van der Waals surface area contributed by atoms with Crippen LogP contribution in [0, 0.1) is 0 Å². The molecule has 0 unspecified atom stereocenters. The zero-order valence-corrected chi connectivity index (χ0v) is 12.4. The highest BCUT2D eigenvalue weighted by Crippen LogP contribution is 2.26. The summed E-state index contributed by atoms with van der Waals surface area (Å²) in [4.78, 5) is 0. The second-order valence-corrected chi connectivity index (χ2v) is 6.86. The molecule has 0 amide bonds. The van der Waals surface area contributed by atoms with Crippen LogP contribution in [0.3, 0.4) is 0 Å². The first-order chi connectivity index (χ1) is 9.29. The Bertz CT molecular complexity index is 516. The van der Waals surface area contributed by atoms with E-state index in [1.54, 1.807) is 0 Å². The number of nitrogens with two attached hydrogens (primary N) is 1. The third-order valence-electron chi connectivity index (χ3n) is 3.17. The fraction of sp³-hybridized carbons (Fsp3) is 0.250. The van der Waals surface area contributed by atoms with Crippen molar-refractivity contribution < 1.29 is 0 Å². The summed E-state index contributed by atoms with van der Waals surface area (Å²) in [6.45, 7) is 0. The lowest BCUT2D eigenvalue weighted by molar-refractivity contribution is 1.32. The summed E-state index contributed by atoms with van der Waals surface area (Å²) < 4.78 is 0. The van der Waals surface area contributed by atoms with Crippen LogP contribution in [0.5, 0.6) is 0 Å². The van der Waals surface area contributed by atoms with Gasteiger partial charge in [-0.05, 0) is 34.4 Å². The van der Waals surface area contributed by atoms with Crippen molar-refractivity contribution in [3.8, 4) is 0 Å². The first kappa shape index (κ1) is 12.9. The highest BCUT2D eigenvalue weighted by atomic mass is 32.2. The van der Waals surface area contributed by atoms with Gasteiger partial charge in [0.15, 0.2) is 0 Å². The number of thioether (sulfide) groups is 2. The van der Waals surface area contributed by atoms with Gasteiger partial charge in [-0.25, -0.2) is 0 Å². The Morgan fingerprint density at radius 1 is 0.632 bits per heavy atom. The third kappa shape index (κ3) is 3.48. The average molecular weight is 287 g/mol. The smallest absolute Gasteiger partial charge is 0.0320 e. The standard InChI is InChI=1S/C16H17NS2/c17-16-6-14-5-15(7-16)11-19-9-13-2-1-12(3-4-13)8-18-10-14/h1-7H,8-11,17H2. The zero-order valence-electron chi connectivity index (χ0n) is 10.8. The number of hydrogen-bond donors (Lipinski definition) is 1. The molecular weight excluding hydrogens is 270 g/mol. The van der Waals surface area contributed by atoms with E-state index in [-0.39, 0.29) is 0 Å². The van der Waals surface area contributed by atoms with Crippen LogP contribution in [-0.2, 0) is 23.0 Å². The number of fused-ring (bicyclic) bond motifs is 6. The van der Waals surface area contributed by atoms with Gasteiger partial charge in [0.25, 0.3) is 0 Å². The maximum absolute atomic E-state index is 5.99. The topological polar surface area (TPSA) is 26.0 Å². The van der Waals surface area contributed by atoms with Crippen LogP contribution in [0.2, 0.25) is 0 Å². The monoisotopic (exact) mass is 287 g/mol. The van der Waals surface area contributed by atoms with Crippen molar-refractivity contribution in [3.63, 3.8) is 0 Å². The Morgan fingerprint density at radius 2 is 1.05 bits per heavy atom. The molecule has 2 heterocycles. The molecule has 2 aromatic carbocycles. The van der Waals surface area contributed by atoms with E-state index in [2.05, 4.69) is 42.5 Å². The van der Waals surface area contributed by atoms with Crippen LogP contribution in [-0.4, -0.2) is 0 Å². The van der Waals surface area contributed by atoms with Gasteiger partial charge in [0.2, 0.25) is 0 Å². The van der Waals surface area contributed by atoms with Crippen LogP contribution >= 0.6 is 23.5 Å². The van der Waals surface area contributed by atoms with Gasteiger partial charge < -0.3 is 5.73 Å². The molecular formula is C16H17NS2. The highest BCUT2D eigenvalue weighted by molar-refractivity contribution is 7.98. The lowest BCUT2D eigenvalue weighted by Gasteiger charge is -2.07. The molecule has 19 heavy (non-hydrogen) atoms. The molecule has 98 valence electrons. The molecule has 2 aliphatic rings. The summed E-state index contributed by atoms with van der Waals surface area (Å²) in [7, 11) is 0. The maximum Gasteiger partial charge on any atom is 0.0320 e. The zero-order chi connectivity index (χ0) is 13.1. The molecule has 0 saturated heterocycles. The molecule has 4 rings (SSSR count). The summed E-state index contributed by atoms with van der Waals surface area (Å²) in [5.41, 5.74) is 12.4. The van der Waals surface area contributed by atoms with E-state index in [1.165, 1.54) is 22.3 Å². The number of anilines is 1. The minimum absolute atomic E-state index is 0.892.